The van der Waals surface area contributed by atoms with Crippen LogP contribution in [-0.2, 0) is 47.4 Å². The molecule has 0 aromatic heterocycles. The molecule has 5 saturated heterocycles. The molecule has 3 saturated carbocycles. The molecule has 8 fully saturated rings. The minimum Gasteiger partial charge on any atom is -0.394 e. The Morgan fingerprint density at radius 1 is 0.489 bits per heavy atom. The number of ether oxygens (including phenoxy) is 10. The summed E-state index contributed by atoms with van der Waals surface area (Å²) in [7, 11) is 0. The van der Waals surface area contributed by atoms with Gasteiger partial charge in [0.05, 0.1) is 45.2 Å². The maximum absolute atomic E-state index is 11.9. The van der Waals surface area contributed by atoms with Crippen molar-refractivity contribution in [1.82, 2.24) is 0 Å². The zero-order chi connectivity index (χ0) is 64.7. The third kappa shape index (κ3) is 13.0. The van der Waals surface area contributed by atoms with Gasteiger partial charge >= 0.3 is 0 Å². The Kier molecular flexibility index (Phi) is 22.1. The highest BCUT2D eigenvalue weighted by Gasteiger charge is 2.68. The molecule has 0 bridgehead atoms. The van der Waals surface area contributed by atoms with E-state index in [0.29, 0.717) is 31.1 Å². The summed E-state index contributed by atoms with van der Waals surface area (Å²) in [6.45, 7) is 16.7. The van der Waals surface area contributed by atoms with Crippen molar-refractivity contribution in [2.45, 2.75) is 286 Å². The first-order valence-corrected chi connectivity index (χ1v) is 31.7. The van der Waals surface area contributed by atoms with Crippen LogP contribution < -0.4 is 0 Å². The van der Waals surface area contributed by atoms with Crippen LogP contribution in [0.2, 0.25) is 0 Å². The van der Waals surface area contributed by atoms with Gasteiger partial charge in [-0.25, -0.2) is 0 Å². The van der Waals surface area contributed by atoms with E-state index in [1.807, 2.05) is 20.8 Å². The minimum atomic E-state index is -1.88. The molecule has 0 spiro atoms. The van der Waals surface area contributed by atoms with E-state index in [-0.39, 0.29) is 28.1 Å². The Morgan fingerprint density at radius 3 is 1.43 bits per heavy atom. The van der Waals surface area contributed by atoms with Gasteiger partial charge in [-0.1, -0.05) is 74.0 Å². The molecule has 34 atom stereocenters. The van der Waals surface area contributed by atoms with Crippen molar-refractivity contribution in [3.63, 3.8) is 0 Å². The Bertz CT molecular complexity index is 2310. The van der Waals surface area contributed by atoms with E-state index in [1.165, 1.54) is 5.57 Å². The monoisotopic (exact) mass is 1270 g/mol. The smallest absolute Gasteiger partial charge is 0.187 e. The lowest BCUT2D eigenvalue weighted by Gasteiger charge is -2.66. The fourth-order valence-corrected chi connectivity index (χ4v) is 17.1. The zero-order valence-corrected chi connectivity index (χ0v) is 52.1. The van der Waals surface area contributed by atoms with Crippen LogP contribution in [0.25, 0.3) is 0 Å². The predicted octanol–water partition coefficient (Wildman–Crippen LogP) is -3.10. The van der Waals surface area contributed by atoms with Gasteiger partial charge < -0.3 is 134 Å². The molecule has 0 radical (unpaired) electrons. The molecular formula is C61H104O27. The zero-order valence-electron chi connectivity index (χ0n) is 52.1. The second-order valence-corrected chi connectivity index (χ2v) is 29.4. The number of hydrogen-bond donors (Lipinski definition) is 17. The normalized spacial score (nSPS) is 51.4. The van der Waals surface area contributed by atoms with Crippen molar-refractivity contribution in [1.29, 1.82) is 0 Å². The Balaban J connectivity index is 0.871. The molecule has 9 aliphatic rings. The molecular weight excluding hydrogens is 1160 g/mol. The Labute approximate surface area is 514 Å². The van der Waals surface area contributed by atoms with Gasteiger partial charge in [0.1, 0.15) is 122 Å². The van der Waals surface area contributed by atoms with Crippen LogP contribution in [0, 0.1) is 50.7 Å². The average molecular weight is 1270 g/mol. The van der Waals surface area contributed by atoms with E-state index >= 15 is 0 Å². The average Bonchev–Trinajstić information content (AvgIpc) is 1.42. The van der Waals surface area contributed by atoms with Crippen molar-refractivity contribution in [2.75, 3.05) is 33.0 Å². The van der Waals surface area contributed by atoms with Gasteiger partial charge in [-0.05, 0) is 103 Å². The van der Waals surface area contributed by atoms with Crippen molar-refractivity contribution in [3.05, 3.63) is 11.6 Å². The second kappa shape index (κ2) is 27.4. The summed E-state index contributed by atoms with van der Waals surface area (Å²) in [5.74, 6) is 1.09. The van der Waals surface area contributed by atoms with Crippen LogP contribution in [0.5, 0.6) is 0 Å². The summed E-state index contributed by atoms with van der Waals surface area (Å²) in [4.78, 5) is 0. The summed E-state index contributed by atoms with van der Waals surface area (Å²) in [6.07, 6.45) is -31.4. The lowest BCUT2D eigenvalue weighted by Crippen LogP contribution is -2.65. The molecule has 0 amide bonds. The van der Waals surface area contributed by atoms with Crippen LogP contribution in [0.15, 0.2) is 11.6 Å². The van der Waals surface area contributed by atoms with E-state index in [2.05, 4.69) is 47.6 Å². The van der Waals surface area contributed by atoms with Gasteiger partial charge in [0.15, 0.2) is 31.5 Å². The largest absolute Gasteiger partial charge is 0.394 e. The first-order chi connectivity index (χ1) is 41.2. The van der Waals surface area contributed by atoms with Crippen molar-refractivity contribution in [3.8, 4) is 0 Å². The predicted molar refractivity (Wildman–Crippen MR) is 302 cm³/mol. The fraction of sp³-hybridized carbons (Fsp3) is 0.967. The van der Waals surface area contributed by atoms with Gasteiger partial charge in [-0.3, -0.25) is 0 Å². The fourth-order valence-electron chi connectivity index (χ4n) is 17.1. The molecule has 0 aromatic rings. The maximum atomic E-state index is 11.9. The van der Waals surface area contributed by atoms with Gasteiger partial charge in [-0.2, -0.15) is 0 Å². The van der Waals surface area contributed by atoms with Gasteiger partial charge in [0.2, 0.25) is 0 Å². The SMILES string of the molecule is CC(CCC(OC1OC(COC2OC(CO)C(O)C(O)C2O)C(O)C(O)C1OC1OC(CO)C(O)C(O)C1O)C(C)(C)C)C1CCC2(C)C3CC=C4C(CCC(OC5OC(COC6OC(CO)C(O)C(O)C6O)C(O)C(O)C5O)C4(C)C)C3(C)CCC12C. The lowest BCUT2D eigenvalue weighted by atomic mass is 9.39. The molecule has 510 valence electrons. The summed E-state index contributed by atoms with van der Waals surface area (Å²) < 4.78 is 60.1. The van der Waals surface area contributed by atoms with Crippen molar-refractivity contribution in [2.24, 2.45) is 50.7 Å². The topological polar surface area (TPSA) is 436 Å². The standard InChI is InChI=1S/C61H104O27/c1-25(10-14-35(57(2,3)4)86-56-51(88-55-50(78)44(72)39(67)31(22-64)83-55)46(74)41(69)33(85-56)24-80-53-48(76)43(71)38(66)30(21-63)82-53)26-16-17-61(9)34-13-11-27-28(59(34,7)18-19-60(26,61)8)12-15-36(58(27,5)6)87-54-49(77)45(73)40(68)32(84-54)23-79-52-47(75)42(70)37(65)29(20-62)81-52/h11,25-26,28-56,62-78H,10,12-24H2,1-9H3. The number of aliphatic hydroxyl groups is 17. The van der Waals surface area contributed by atoms with Crippen LogP contribution in [0.1, 0.15) is 120 Å². The molecule has 88 heavy (non-hydrogen) atoms. The molecule has 5 aliphatic heterocycles. The summed E-state index contributed by atoms with van der Waals surface area (Å²) in [5.41, 5.74) is -0.0202. The third-order valence-electron chi connectivity index (χ3n) is 23.0. The van der Waals surface area contributed by atoms with Gasteiger partial charge in [0.25, 0.3) is 0 Å². The van der Waals surface area contributed by atoms with E-state index < -0.39 is 210 Å². The van der Waals surface area contributed by atoms with Crippen molar-refractivity contribution >= 4 is 0 Å². The van der Waals surface area contributed by atoms with Crippen LogP contribution in [-0.4, -0.2) is 286 Å². The molecule has 34 unspecified atom stereocenters. The van der Waals surface area contributed by atoms with E-state index in [9.17, 15) is 86.8 Å². The number of allylic oxidation sites excluding steroid dienone is 1. The molecule has 4 aliphatic carbocycles. The van der Waals surface area contributed by atoms with E-state index in [1.54, 1.807) is 0 Å². The van der Waals surface area contributed by atoms with E-state index in [4.69, 9.17) is 47.4 Å². The highest BCUT2D eigenvalue weighted by atomic mass is 16.8. The van der Waals surface area contributed by atoms with Crippen LogP contribution in [0.4, 0.5) is 0 Å². The number of fused-ring (bicyclic) bond motifs is 5. The van der Waals surface area contributed by atoms with Gasteiger partial charge in [0, 0.05) is 5.41 Å². The van der Waals surface area contributed by atoms with Crippen LogP contribution in [0.3, 0.4) is 0 Å². The lowest BCUT2D eigenvalue weighted by molar-refractivity contribution is -0.379. The second-order valence-electron chi connectivity index (χ2n) is 29.4. The summed E-state index contributed by atoms with van der Waals surface area (Å²) in [5, 5.41) is 181. The maximum Gasteiger partial charge on any atom is 0.187 e. The Morgan fingerprint density at radius 2 is 0.932 bits per heavy atom. The molecule has 27 heteroatoms. The van der Waals surface area contributed by atoms with Crippen LogP contribution >= 0.6 is 0 Å². The summed E-state index contributed by atoms with van der Waals surface area (Å²) >= 11 is 0. The first-order valence-electron chi connectivity index (χ1n) is 31.7. The molecule has 27 nitrogen and oxygen atoms in total. The quantitative estimate of drug-likeness (QED) is 0.0570. The highest BCUT2D eigenvalue weighted by molar-refractivity contribution is 5.30. The first kappa shape index (κ1) is 71.0. The molecule has 5 heterocycles. The Hall–Kier alpha value is -1.34. The third-order valence-corrected chi connectivity index (χ3v) is 23.0. The number of hydrogen-bond acceptors (Lipinski definition) is 27. The van der Waals surface area contributed by atoms with E-state index in [0.717, 1.165) is 38.5 Å². The molecule has 0 aromatic carbocycles. The summed E-state index contributed by atoms with van der Waals surface area (Å²) in [6, 6.07) is 0. The minimum absolute atomic E-state index is 0.0450. The highest BCUT2D eigenvalue weighted by Crippen LogP contribution is 2.75. The van der Waals surface area contributed by atoms with Gasteiger partial charge in [-0.15, -0.1) is 0 Å². The number of aliphatic hydroxyl groups excluding tert-OH is 17. The molecule has 9 rings (SSSR count). The van der Waals surface area contributed by atoms with Crippen molar-refractivity contribution < 1.29 is 134 Å². The number of rotatable bonds is 19. The molecule has 17 N–H and O–H groups in total.